The Hall–Kier alpha value is -2.44. The quantitative estimate of drug-likeness (QED) is 0.742. The molecule has 0 saturated carbocycles. The first-order valence-electron chi connectivity index (χ1n) is 9.54. The van der Waals surface area contributed by atoms with Crippen molar-refractivity contribution in [3.63, 3.8) is 0 Å². The van der Waals surface area contributed by atoms with Crippen LogP contribution in [0, 0.1) is 0 Å². The van der Waals surface area contributed by atoms with Crippen LogP contribution in [0.5, 0.6) is 17.2 Å². The third-order valence-electron chi connectivity index (χ3n) is 5.11. The number of hydrogen-bond donors (Lipinski definition) is 1. The lowest BCUT2D eigenvalue weighted by molar-refractivity contribution is 0.0702. The minimum atomic E-state index is -0.0434. The predicted molar refractivity (Wildman–Crippen MR) is 116 cm³/mol. The fourth-order valence-corrected chi connectivity index (χ4v) is 3.44. The molecule has 1 amide bonds. The summed E-state index contributed by atoms with van der Waals surface area (Å²) in [7, 11) is 4.99. The molecule has 2 aromatic rings. The van der Waals surface area contributed by atoms with Gasteiger partial charge in [0.15, 0.2) is 11.5 Å². The molecule has 0 radical (unpaired) electrons. The number of halogens is 1. The van der Waals surface area contributed by atoms with Crippen molar-refractivity contribution in [1.29, 1.82) is 0 Å². The maximum atomic E-state index is 13.0. The van der Waals surface area contributed by atoms with Crippen molar-refractivity contribution < 1.29 is 19.0 Å². The minimum Gasteiger partial charge on any atom is -0.493 e. The molecule has 2 aromatic carbocycles. The number of ether oxygens (including phenoxy) is 3. The molecule has 0 spiro atoms. The zero-order valence-corrected chi connectivity index (χ0v) is 18.0. The standard InChI is InChI=1S/C22H28N2O4.ClH/c1-24(18-9-11-23-12-10-18)22(25)17-13-19(26-2)21(20(14-17)27-3)28-15-16-7-5-4-6-8-16;/h4-8,13-14,18,23H,9-12,15H2,1-3H3;1H. The molecule has 1 heterocycles. The average molecular weight is 421 g/mol. The summed E-state index contributed by atoms with van der Waals surface area (Å²) in [6, 6.07) is 13.6. The van der Waals surface area contributed by atoms with Crippen LogP contribution >= 0.6 is 12.4 Å². The molecule has 1 aliphatic heterocycles. The minimum absolute atomic E-state index is 0. The summed E-state index contributed by atoms with van der Waals surface area (Å²) in [6.07, 6.45) is 1.91. The molecule has 158 valence electrons. The van der Waals surface area contributed by atoms with Crippen LogP contribution in [0.4, 0.5) is 0 Å². The van der Waals surface area contributed by atoms with E-state index in [-0.39, 0.29) is 24.4 Å². The molecule has 29 heavy (non-hydrogen) atoms. The smallest absolute Gasteiger partial charge is 0.254 e. The first-order valence-corrected chi connectivity index (χ1v) is 9.54. The first-order chi connectivity index (χ1) is 13.6. The van der Waals surface area contributed by atoms with Gasteiger partial charge in [0.05, 0.1) is 14.2 Å². The Balaban J connectivity index is 0.00000300. The van der Waals surface area contributed by atoms with Gasteiger partial charge in [0, 0.05) is 18.7 Å². The highest BCUT2D eigenvalue weighted by Gasteiger charge is 2.25. The largest absolute Gasteiger partial charge is 0.493 e. The molecule has 1 aliphatic rings. The second-order valence-electron chi connectivity index (χ2n) is 6.88. The summed E-state index contributed by atoms with van der Waals surface area (Å²) in [6.45, 7) is 2.25. The first kappa shape index (κ1) is 22.8. The zero-order chi connectivity index (χ0) is 19.9. The van der Waals surface area contributed by atoms with Crippen molar-refractivity contribution in [2.75, 3.05) is 34.4 Å². The number of carbonyl (C=O) groups is 1. The fourth-order valence-electron chi connectivity index (χ4n) is 3.44. The third-order valence-corrected chi connectivity index (χ3v) is 5.11. The van der Waals surface area contributed by atoms with Crippen LogP contribution in [0.3, 0.4) is 0 Å². The van der Waals surface area contributed by atoms with E-state index in [0.717, 1.165) is 31.5 Å². The molecule has 1 N–H and O–H groups in total. The van der Waals surface area contributed by atoms with E-state index in [0.29, 0.717) is 29.4 Å². The lowest BCUT2D eigenvalue weighted by Crippen LogP contribution is -2.43. The monoisotopic (exact) mass is 420 g/mol. The van der Waals surface area contributed by atoms with Crippen LogP contribution in [0.25, 0.3) is 0 Å². The highest BCUT2D eigenvalue weighted by molar-refractivity contribution is 5.95. The van der Waals surface area contributed by atoms with Crippen molar-refractivity contribution in [3.8, 4) is 17.2 Å². The topological polar surface area (TPSA) is 60.0 Å². The summed E-state index contributed by atoms with van der Waals surface area (Å²) >= 11 is 0. The van der Waals surface area contributed by atoms with Gasteiger partial charge in [-0.3, -0.25) is 4.79 Å². The number of benzene rings is 2. The van der Waals surface area contributed by atoms with Gasteiger partial charge in [-0.1, -0.05) is 30.3 Å². The lowest BCUT2D eigenvalue weighted by atomic mass is 10.0. The van der Waals surface area contributed by atoms with Gasteiger partial charge < -0.3 is 24.4 Å². The Labute approximate surface area is 178 Å². The van der Waals surface area contributed by atoms with Gasteiger partial charge in [0.1, 0.15) is 6.61 Å². The third kappa shape index (κ3) is 5.55. The van der Waals surface area contributed by atoms with E-state index in [1.165, 1.54) is 0 Å². The summed E-state index contributed by atoms with van der Waals surface area (Å²) in [5.41, 5.74) is 1.57. The molecule has 0 unspecified atom stereocenters. The van der Waals surface area contributed by atoms with Gasteiger partial charge in [0.2, 0.25) is 5.75 Å². The van der Waals surface area contributed by atoms with Crippen molar-refractivity contribution in [2.24, 2.45) is 0 Å². The molecule has 0 aromatic heterocycles. The number of amides is 1. The zero-order valence-electron chi connectivity index (χ0n) is 17.1. The van der Waals surface area contributed by atoms with E-state index in [9.17, 15) is 4.79 Å². The van der Waals surface area contributed by atoms with Crippen LogP contribution in [0.1, 0.15) is 28.8 Å². The number of nitrogens with one attached hydrogen (secondary N) is 1. The molecule has 7 heteroatoms. The number of rotatable bonds is 7. The van der Waals surface area contributed by atoms with Gasteiger partial charge in [-0.25, -0.2) is 0 Å². The summed E-state index contributed by atoms with van der Waals surface area (Å²) in [4.78, 5) is 14.8. The number of nitrogens with zero attached hydrogens (tertiary/aromatic N) is 1. The van der Waals surface area contributed by atoms with E-state index in [1.807, 2.05) is 42.3 Å². The van der Waals surface area contributed by atoms with Gasteiger partial charge in [0.25, 0.3) is 5.91 Å². The Morgan fingerprint density at radius 2 is 1.66 bits per heavy atom. The summed E-state index contributed by atoms with van der Waals surface area (Å²) < 4.78 is 17.0. The second-order valence-corrected chi connectivity index (χ2v) is 6.88. The summed E-state index contributed by atoms with van der Waals surface area (Å²) in [5.74, 6) is 1.42. The highest BCUT2D eigenvalue weighted by Crippen LogP contribution is 2.39. The number of carbonyl (C=O) groups excluding carboxylic acids is 1. The number of piperidine rings is 1. The average Bonchev–Trinajstić information content (AvgIpc) is 2.77. The van der Waals surface area contributed by atoms with E-state index in [1.54, 1.807) is 26.4 Å². The van der Waals surface area contributed by atoms with E-state index >= 15 is 0 Å². The molecular formula is C22H29ClN2O4. The van der Waals surface area contributed by atoms with Gasteiger partial charge in [-0.15, -0.1) is 12.4 Å². The van der Waals surface area contributed by atoms with Gasteiger partial charge in [-0.05, 0) is 43.6 Å². The normalized spacial score (nSPS) is 13.9. The van der Waals surface area contributed by atoms with Crippen LogP contribution in [-0.4, -0.2) is 51.2 Å². The second kappa shape index (κ2) is 10.9. The molecule has 3 rings (SSSR count). The van der Waals surface area contributed by atoms with Crippen molar-refractivity contribution in [1.82, 2.24) is 10.2 Å². The van der Waals surface area contributed by atoms with Crippen LogP contribution in [0.2, 0.25) is 0 Å². The maximum absolute atomic E-state index is 13.0. The van der Waals surface area contributed by atoms with Gasteiger partial charge in [-0.2, -0.15) is 0 Å². The molecule has 0 aliphatic carbocycles. The Morgan fingerprint density at radius 1 is 1.07 bits per heavy atom. The number of hydrogen-bond acceptors (Lipinski definition) is 5. The van der Waals surface area contributed by atoms with E-state index in [2.05, 4.69) is 5.32 Å². The molecule has 0 bridgehead atoms. The molecular weight excluding hydrogens is 392 g/mol. The number of methoxy groups -OCH3 is 2. The van der Waals surface area contributed by atoms with Crippen molar-refractivity contribution >= 4 is 18.3 Å². The SMILES string of the molecule is COc1cc(C(=O)N(C)C2CCNCC2)cc(OC)c1OCc1ccccc1.Cl. The van der Waals surface area contributed by atoms with Crippen LogP contribution < -0.4 is 19.5 Å². The maximum Gasteiger partial charge on any atom is 0.254 e. The lowest BCUT2D eigenvalue weighted by Gasteiger charge is -2.32. The Kier molecular flexibility index (Phi) is 8.61. The van der Waals surface area contributed by atoms with E-state index in [4.69, 9.17) is 14.2 Å². The fraction of sp³-hybridized carbons (Fsp3) is 0.409. The predicted octanol–water partition coefficient (Wildman–Crippen LogP) is 3.53. The molecule has 6 nitrogen and oxygen atoms in total. The van der Waals surface area contributed by atoms with Crippen LogP contribution in [0.15, 0.2) is 42.5 Å². The highest BCUT2D eigenvalue weighted by atomic mass is 35.5. The molecule has 1 fully saturated rings. The Bertz CT molecular complexity index is 770. The molecule has 0 atom stereocenters. The van der Waals surface area contributed by atoms with Crippen molar-refractivity contribution in [3.05, 3.63) is 53.6 Å². The van der Waals surface area contributed by atoms with Crippen LogP contribution in [-0.2, 0) is 6.61 Å². The van der Waals surface area contributed by atoms with Crippen molar-refractivity contribution in [2.45, 2.75) is 25.5 Å². The van der Waals surface area contributed by atoms with Gasteiger partial charge >= 0.3 is 0 Å². The molecule has 1 saturated heterocycles. The summed E-state index contributed by atoms with van der Waals surface area (Å²) in [5, 5.41) is 3.33. The van der Waals surface area contributed by atoms with E-state index < -0.39 is 0 Å². The Morgan fingerprint density at radius 3 is 2.21 bits per heavy atom.